The van der Waals surface area contributed by atoms with E-state index in [9.17, 15) is 0 Å². The molecule has 0 aromatic carbocycles. The van der Waals surface area contributed by atoms with Crippen molar-refractivity contribution in [1.29, 1.82) is 0 Å². The van der Waals surface area contributed by atoms with Gasteiger partial charge >= 0.3 is 0 Å². The number of rotatable bonds is 9. The first-order valence-electron chi connectivity index (χ1n) is 10.6. The van der Waals surface area contributed by atoms with E-state index in [0.29, 0.717) is 6.10 Å². The van der Waals surface area contributed by atoms with Crippen LogP contribution in [-0.4, -0.2) is 12.7 Å². The molecule has 0 heterocycles. The number of unbranched alkanes of at least 4 members (excludes halogenated alkanes) is 2. The van der Waals surface area contributed by atoms with Crippen molar-refractivity contribution in [2.75, 3.05) is 6.61 Å². The summed E-state index contributed by atoms with van der Waals surface area (Å²) in [5.41, 5.74) is 0. The molecule has 2 rings (SSSR count). The first kappa shape index (κ1) is 19.0. The monoisotopic (exact) mass is 320 g/mol. The lowest BCUT2D eigenvalue weighted by atomic mass is 9.77. The molecule has 0 N–H and O–H groups in total. The Morgan fingerprint density at radius 3 is 2.00 bits per heavy atom. The average Bonchev–Trinajstić information content (AvgIpc) is 2.59. The van der Waals surface area contributed by atoms with Gasteiger partial charge in [-0.2, -0.15) is 0 Å². The molecule has 134 valence electrons. The smallest absolute Gasteiger partial charge is 0.0575 e. The average molecular weight is 321 g/mol. The van der Waals surface area contributed by atoms with Gasteiger partial charge in [-0.15, -0.1) is 0 Å². The minimum absolute atomic E-state index is 0.583. The van der Waals surface area contributed by atoms with Gasteiger partial charge in [-0.05, 0) is 82.5 Å². The molecular formula is C22H40O. The molecular weight excluding hydrogens is 280 g/mol. The molecule has 0 aliphatic heterocycles. The minimum atomic E-state index is 0.583. The maximum atomic E-state index is 6.06. The molecule has 0 aromatic heterocycles. The van der Waals surface area contributed by atoms with Crippen LogP contribution in [0.2, 0.25) is 0 Å². The molecule has 1 heteroatoms. The van der Waals surface area contributed by atoms with Crippen molar-refractivity contribution in [3.8, 4) is 0 Å². The van der Waals surface area contributed by atoms with Crippen molar-refractivity contribution in [2.45, 2.75) is 103 Å². The summed E-state index contributed by atoms with van der Waals surface area (Å²) in [5, 5.41) is 0. The third kappa shape index (κ3) is 7.42. The lowest BCUT2D eigenvalue weighted by Crippen LogP contribution is -2.23. The Bertz CT molecular complexity index is 306. The summed E-state index contributed by atoms with van der Waals surface area (Å²) in [6, 6.07) is 0. The van der Waals surface area contributed by atoms with E-state index in [2.05, 4.69) is 26.0 Å². The minimum Gasteiger partial charge on any atom is -0.378 e. The van der Waals surface area contributed by atoms with E-state index in [1.165, 1.54) is 83.5 Å². The highest BCUT2D eigenvalue weighted by Crippen LogP contribution is 2.36. The van der Waals surface area contributed by atoms with Gasteiger partial charge in [-0.25, -0.2) is 0 Å². The number of allylic oxidation sites excluding steroid dienone is 2. The van der Waals surface area contributed by atoms with Crippen molar-refractivity contribution in [2.24, 2.45) is 17.8 Å². The summed E-state index contributed by atoms with van der Waals surface area (Å²) in [5.74, 6) is 2.91. The van der Waals surface area contributed by atoms with Crippen LogP contribution in [0.4, 0.5) is 0 Å². The highest BCUT2D eigenvalue weighted by Gasteiger charge is 2.24. The predicted octanol–water partition coefficient (Wildman–Crippen LogP) is 6.91. The third-order valence-corrected chi connectivity index (χ3v) is 6.23. The maximum absolute atomic E-state index is 6.06. The zero-order valence-electron chi connectivity index (χ0n) is 15.8. The van der Waals surface area contributed by atoms with Crippen LogP contribution in [0.1, 0.15) is 97.3 Å². The lowest BCUT2D eigenvalue weighted by molar-refractivity contribution is 0.0146. The highest BCUT2D eigenvalue weighted by atomic mass is 16.5. The van der Waals surface area contributed by atoms with Crippen molar-refractivity contribution >= 4 is 0 Å². The van der Waals surface area contributed by atoms with Crippen molar-refractivity contribution in [3.63, 3.8) is 0 Å². The second kappa shape index (κ2) is 11.3. The maximum Gasteiger partial charge on any atom is 0.0575 e. The molecule has 0 bridgehead atoms. The van der Waals surface area contributed by atoms with Crippen LogP contribution in [0.3, 0.4) is 0 Å². The fourth-order valence-corrected chi connectivity index (χ4v) is 4.60. The molecule has 0 unspecified atom stereocenters. The number of hydrogen-bond acceptors (Lipinski definition) is 1. The molecule has 0 radical (unpaired) electrons. The number of ether oxygens (including phenoxy) is 1. The van der Waals surface area contributed by atoms with Crippen LogP contribution in [0.25, 0.3) is 0 Å². The Morgan fingerprint density at radius 2 is 1.43 bits per heavy atom. The summed E-state index contributed by atoms with van der Waals surface area (Å²) in [6.45, 7) is 5.42. The number of hydrogen-bond donors (Lipinski definition) is 0. The van der Waals surface area contributed by atoms with Gasteiger partial charge in [0.2, 0.25) is 0 Å². The molecule has 0 spiro atoms. The Morgan fingerprint density at radius 1 is 0.826 bits per heavy atom. The summed E-state index contributed by atoms with van der Waals surface area (Å²) in [7, 11) is 0. The van der Waals surface area contributed by atoms with Crippen LogP contribution in [-0.2, 0) is 4.74 Å². The van der Waals surface area contributed by atoms with E-state index in [1.807, 2.05) is 0 Å². The summed E-state index contributed by atoms with van der Waals surface area (Å²) >= 11 is 0. The molecule has 23 heavy (non-hydrogen) atoms. The largest absolute Gasteiger partial charge is 0.378 e. The standard InChI is InChI=1S/C22H40O/c1-3-5-6-18-23-22-16-14-21(15-17-22)13-12-20-10-8-19(7-4-2)9-11-20/h4,7,19-22H,3,5-6,8-18H2,1-2H3. The van der Waals surface area contributed by atoms with Crippen LogP contribution in [0.15, 0.2) is 12.2 Å². The van der Waals surface area contributed by atoms with Gasteiger partial charge < -0.3 is 4.74 Å². The van der Waals surface area contributed by atoms with Crippen molar-refractivity contribution in [1.82, 2.24) is 0 Å². The van der Waals surface area contributed by atoms with Gasteiger partial charge in [0.15, 0.2) is 0 Å². The van der Waals surface area contributed by atoms with Gasteiger partial charge in [0.1, 0.15) is 0 Å². The van der Waals surface area contributed by atoms with Crippen molar-refractivity contribution < 1.29 is 4.74 Å². The van der Waals surface area contributed by atoms with Gasteiger partial charge in [-0.1, -0.05) is 44.8 Å². The van der Waals surface area contributed by atoms with Gasteiger partial charge in [0.25, 0.3) is 0 Å². The molecule has 1 nitrogen and oxygen atoms in total. The third-order valence-electron chi connectivity index (χ3n) is 6.23. The fraction of sp³-hybridized carbons (Fsp3) is 0.909. The van der Waals surface area contributed by atoms with E-state index in [4.69, 9.17) is 4.74 Å². The Kier molecular flexibility index (Phi) is 9.34. The second-order valence-electron chi connectivity index (χ2n) is 8.10. The molecule has 0 saturated heterocycles. The lowest BCUT2D eigenvalue weighted by Gasteiger charge is -2.31. The summed E-state index contributed by atoms with van der Waals surface area (Å²) in [6.07, 6.45) is 23.4. The first-order chi connectivity index (χ1) is 11.3. The predicted molar refractivity (Wildman–Crippen MR) is 101 cm³/mol. The zero-order chi connectivity index (χ0) is 16.3. The quantitative estimate of drug-likeness (QED) is 0.331. The van der Waals surface area contributed by atoms with Crippen LogP contribution < -0.4 is 0 Å². The Labute approximate surface area is 145 Å². The molecule has 2 aliphatic carbocycles. The molecule has 0 aromatic rings. The van der Waals surface area contributed by atoms with E-state index < -0.39 is 0 Å². The van der Waals surface area contributed by atoms with E-state index in [0.717, 1.165) is 24.4 Å². The highest BCUT2D eigenvalue weighted by molar-refractivity contribution is 4.89. The molecule has 0 amide bonds. The van der Waals surface area contributed by atoms with Crippen molar-refractivity contribution in [3.05, 3.63) is 12.2 Å². The van der Waals surface area contributed by atoms with Gasteiger partial charge in [-0.3, -0.25) is 0 Å². The Hall–Kier alpha value is -0.300. The van der Waals surface area contributed by atoms with E-state index in [1.54, 1.807) is 0 Å². The van der Waals surface area contributed by atoms with Gasteiger partial charge in [0, 0.05) is 6.61 Å². The molecule has 2 fully saturated rings. The first-order valence-corrected chi connectivity index (χ1v) is 10.6. The van der Waals surface area contributed by atoms with Crippen LogP contribution in [0.5, 0.6) is 0 Å². The zero-order valence-corrected chi connectivity index (χ0v) is 15.8. The molecule has 2 saturated carbocycles. The fourth-order valence-electron chi connectivity index (χ4n) is 4.60. The molecule has 2 aliphatic rings. The normalized spacial score (nSPS) is 32.4. The van der Waals surface area contributed by atoms with Crippen LogP contribution >= 0.6 is 0 Å². The summed E-state index contributed by atoms with van der Waals surface area (Å²) < 4.78 is 6.06. The SMILES string of the molecule is CC=CC1CCC(CCC2CCC(OCCCCC)CC2)CC1. The second-order valence-corrected chi connectivity index (χ2v) is 8.10. The van der Waals surface area contributed by atoms with E-state index >= 15 is 0 Å². The van der Waals surface area contributed by atoms with Crippen LogP contribution in [0, 0.1) is 17.8 Å². The Balaban J connectivity index is 1.51. The van der Waals surface area contributed by atoms with E-state index in [-0.39, 0.29) is 0 Å². The molecule has 0 atom stereocenters. The topological polar surface area (TPSA) is 9.23 Å². The summed E-state index contributed by atoms with van der Waals surface area (Å²) in [4.78, 5) is 0. The van der Waals surface area contributed by atoms with Gasteiger partial charge in [0.05, 0.1) is 6.10 Å².